The number of ether oxygens (including phenoxy) is 1. The van der Waals surface area contributed by atoms with Gasteiger partial charge in [-0.25, -0.2) is 4.79 Å². The van der Waals surface area contributed by atoms with Gasteiger partial charge in [-0.3, -0.25) is 0 Å². The third-order valence-corrected chi connectivity index (χ3v) is 5.05. The monoisotopic (exact) mass is 375 g/mol. The molecule has 1 heterocycles. The van der Waals surface area contributed by atoms with Gasteiger partial charge in [-0.05, 0) is 18.2 Å². The number of nitrogens with one attached hydrogen (secondary N) is 1. The summed E-state index contributed by atoms with van der Waals surface area (Å²) in [6.45, 7) is 1.16. The van der Waals surface area contributed by atoms with E-state index in [1.807, 2.05) is 23.9 Å². The number of benzene rings is 2. The number of aliphatic carboxylic acids is 2. The van der Waals surface area contributed by atoms with E-state index in [1.165, 1.54) is 15.4 Å². The van der Waals surface area contributed by atoms with Gasteiger partial charge >= 0.3 is 5.97 Å². The van der Waals surface area contributed by atoms with Crippen LogP contribution in [0.25, 0.3) is 0 Å². The molecule has 1 atom stereocenters. The van der Waals surface area contributed by atoms with Crippen LogP contribution in [0.5, 0.6) is 11.5 Å². The van der Waals surface area contributed by atoms with Crippen LogP contribution in [0.3, 0.4) is 0 Å². The molecule has 7 heteroatoms. The normalized spacial score (nSPS) is 14.8. The van der Waals surface area contributed by atoms with Gasteiger partial charge in [0.2, 0.25) is 0 Å². The summed E-state index contributed by atoms with van der Waals surface area (Å²) in [7, 11) is 4.41. The first-order valence-corrected chi connectivity index (χ1v) is 9.02. The molecule has 2 N–H and O–H groups in total. The van der Waals surface area contributed by atoms with E-state index in [0.717, 1.165) is 24.5 Å². The molecule has 0 bridgehead atoms. The quantitative estimate of drug-likeness (QED) is 0.778. The number of carbonyl (C=O) groups excluding carboxylic acids is 1. The second kappa shape index (κ2) is 9.26. The van der Waals surface area contributed by atoms with Gasteiger partial charge in [0.05, 0.1) is 25.5 Å². The maximum Gasteiger partial charge on any atom is 0.351 e. The lowest BCUT2D eigenvalue weighted by molar-refractivity contribution is -0.858. The van der Waals surface area contributed by atoms with Crippen LogP contribution in [0, 0.1) is 0 Å². The lowest BCUT2D eigenvalue weighted by Gasteiger charge is -2.17. The zero-order chi connectivity index (χ0) is 19.1. The van der Waals surface area contributed by atoms with E-state index in [4.69, 9.17) is 24.5 Å². The molecule has 0 spiro atoms. The molecule has 0 saturated heterocycles. The Labute approximate surface area is 156 Å². The van der Waals surface area contributed by atoms with Crippen molar-refractivity contribution in [1.82, 2.24) is 0 Å². The first kappa shape index (κ1) is 19.8. The van der Waals surface area contributed by atoms with Crippen molar-refractivity contribution >= 4 is 23.7 Å². The van der Waals surface area contributed by atoms with Gasteiger partial charge in [-0.1, -0.05) is 30.3 Å². The Bertz CT molecular complexity index is 766. The number of hydrogen-bond acceptors (Lipinski definition) is 5. The molecule has 3 rings (SSSR count). The Kier molecular flexibility index (Phi) is 7.06. The molecule has 0 radical (unpaired) electrons. The van der Waals surface area contributed by atoms with E-state index in [0.29, 0.717) is 5.25 Å². The number of carbonyl (C=O) groups is 2. The highest BCUT2D eigenvalue weighted by Gasteiger charge is 2.24. The smallest absolute Gasteiger partial charge is 0.351 e. The number of carboxylic acids is 2. The number of hydrogen-bond donors (Lipinski definition) is 2. The second-order valence-electron chi connectivity index (χ2n) is 6.03. The Balaban J connectivity index is 0.000000352. The molecular weight excluding hydrogens is 354 g/mol. The molecule has 26 heavy (non-hydrogen) atoms. The predicted octanol–water partition coefficient (Wildman–Crippen LogP) is 0.981. The van der Waals surface area contributed by atoms with Crippen LogP contribution >= 0.6 is 11.8 Å². The molecule has 0 fully saturated rings. The van der Waals surface area contributed by atoms with Gasteiger partial charge in [-0.2, -0.15) is 0 Å². The fraction of sp³-hybridized carbons (Fsp3) is 0.263. The minimum Gasteiger partial charge on any atom is -0.539 e. The number of thioether (sulfide) groups is 1. The summed E-state index contributed by atoms with van der Waals surface area (Å²) in [6.07, 6.45) is 1.15. The fourth-order valence-electron chi connectivity index (χ4n) is 2.44. The van der Waals surface area contributed by atoms with Crippen molar-refractivity contribution in [1.29, 1.82) is 0 Å². The maximum absolute atomic E-state index is 9.04. The molecule has 0 aliphatic carbocycles. The summed E-state index contributed by atoms with van der Waals surface area (Å²) in [5.41, 5.74) is 1.31. The molecule has 2 aromatic carbocycles. The van der Waals surface area contributed by atoms with E-state index in [-0.39, 0.29) is 0 Å². The average Bonchev–Trinajstić information content (AvgIpc) is 2.76. The van der Waals surface area contributed by atoms with E-state index in [2.05, 4.69) is 50.5 Å². The van der Waals surface area contributed by atoms with E-state index in [9.17, 15) is 0 Å². The van der Waals surface area contributed by atoms with Crippen LogP contribution in [0.4, 0.5) is 0 Å². The number of carboxylic acid groups (broad SMARTS) is 2. The highest BCUT2D eigenvalue weighted by Crippen LogP contribution is 2.49. The van der Waals surface area contributed by atoms with Crippen molar-refractivity contribution in [2.45, 2.75) is 16.6 Å². The Morgan fingerprint density at radius 3 is 2.31 bits per heavy atom. The largest absolute Gasteiger partial charge is 0.539 e. The molecule has 6 nitrogen and oxygen atoms in total. The average molecular weight is 375 g/mol. The summed E-state index contributed by atoms with van der Waals surface area (Å²) in [6, 6.07) is 16.8. The molecule has 0 saturated carbocycles. The lowest BCUT2D eigenvalue weighted by Crippen LogP contribution is -3.05. The van der Waals surface area contributed by atoms with Crippen molar-refractivity contribution < 1.29 is 29.4 Å². The molecule has 2 aromatic rings. The van der Waals surface area contributed by atoms with Gasteiger partial charge in [0.25, 0.3) is 0 Å². The van der Waals surface area contributed by atoms with Crippen molar-refractivity contribution in [2.24, 2.45) is 0 Å². The van der Waals surface area contributed by atoms with Crippen molar-refractivity contribution in [2.75, 3.05) is 20.6 Å². The highest BCUT2D eigenvalue weighted by molar-refractivity contribution is 7.99. The van der Waals surface area contributed by atoms with Crippen LogP contribution in [0.2, 0.25) is 0 Å². The van der Waals surface area contributed by atoms with Crippen LogP contribution in [0.1, 0.15) is 17.2 Å². The number of fused-ring (bicyclic) bond motifs is 2. The summed E-state index contributed by atoms with van der Waals surface area (Å²) < 4.78 is 6.11. The van der Waals surface area contributed by atoms with E-state index in [1.54, 1.807) is 0 Å². The second-order valence-corrected chi connectivity index (χ2v) is 7.28. The Hall–Kier alpha value is -2.51. The first-order chi connectivity index (χ1) is 12.4. The maximum atomic E-state index is 9.04. The summed E-state index contributed by atoms with van der Waals surface area (Å²) in [5, 5.41) is 16.8. The van der Waals surface area contributed by atoms with E-state index >= 15 is 0 Å². The predicted molar refractivity (Wildman–Crippen MR) is 96.5 cm³/mol. The van der Waals surface area contributed by atoms with Crippen molar-refractivity contribution in [3.63, 3.8) is 0 Å². The summed E-state index contributed by atoms with van der Waals surface area (Å²) >= 11 is 1.92. The highest BCUT2D eigenvalue weighted by atomic mass is 32.2. The number of para-hydroxylation sites is 2. The SMILES string of the molecule is C[NH+](C)CCC1Sc2ccccc2Oc2ccccc21.O=C([O-])C(=O)O. The molecule has 0 aromatic heterocycles. The molecule has 1 aliphatic heterocycles. The Morgan fingerprint density at radius 1 is 1.12 bits per heavy atom. The number of rotatable bonds is 3. The minimum absolute atomic E-state index is 0.463. The standard InChI is InChI=1S/C17H19NOS.C2H2O4/c1-18(2)12-11-16-13-7-3-4-8-14(13)19-15-9-5-6-10-17(15)20-16;3-1(4)2(5)6/h3-10,16H,11-12H2,1-2H3;(H,3,4)(H,5,6). The molecule has 1 aliphatic rings. The molecule has 0 amide bonds. The zero-order valence-corrected chi connectivity index (χ0v) is 15.4. The van der Waals surface area contributed by atoms with Crippen LogP contribution < -0.4 is 14.7 Å². The minimum atomic E-state index is -2.07. The van der Waals surface area contributed by atoms with Gasteiger partial charge in [0.15, 0.2) is 5.97 Å². The third kappa shape index (κ3) is 5.50. The van der Waals surface area contributed by atoms with Crippen molar-refractivity contribution in [3.05, 3.63) is 54.1 Å². The zero-order valence-electron chi connectivity index (χ0n) is 14.6. The molecule has 1 unspecified atom stereocenters. The van der Waals surface area contributed by atoms with Crippen LogP contribution in [0.15, 0.2) is 53.4 Å². The van der Waals surface area contributed by atoms with E-state index < -0.39 is 11.9 Å². The third-order valence-electron chi connectivity index (χ3n) is 3.69. The lowest BCUT2D eigenvalue weighted by atomic mass is 10.1. The van der Waals surface area contributed by atoms with Crippen LogP contribution in [-0.2, 0) is 9.59 Å². The number of quaternary nitrogens is 1. The van der Waals surface area contributed by atoms with Crippen molar-refractivity contribution in [3.8, 4) is 11.5 Å². The van der Waals surface area contributed by atoms with Gasteiger partial charge < -0.3 is 24.6 Å². The van der Waals surface area contributed by atoms with Gasteiger partial charge in [0, 0.05) is 17.2 Å². The summed E-state index contributed by atoms with van der Waals surface area (Å²) in [5.74, 6) is -2.03. The molecule has 138 valence electrons. The fourth-order valence-corrected chi connectivity index (χ4v) is 3.69. The van der Waals surface area contributed by atoms with Crippen LogP contribution in [-0.4, -0.2) is 37.7 Å². The first-order valence-electron chi connectivity index (χ1n) is 8.14. The van der Waals surface area contributed by atoms with Gasteiger partial charge in [-0.15, -0.1) is 11.8 Å². The van der Waals surface area contributed by atoms with Gasteiger partial charge in [0.1, 0.15) is 11.5 Å². The summed E-state index contributed by atoms with van der Waals surface area (Å²) in [4.78, 5) is 20.8. The topological polar surface area (TPSA) is 91.1 Å². The molecular formula is C19H21NO5S. The Morgan fingerprint density at radius 2 is 1.69 bits per heavy atom.